The average molecular weight is 316 g/mol. The minimum Gasteiger partial charge on any atom is -0.452 e. The summed E-state index contributed by atoms with van der Waals surface area (Å²) in [4.78, 5) is 23.6. The first kappa shape index (κ1) is 15.1. The molecule has 0 aromatic heterocycles. The van der Waals surface area contributed by atoms with Gasteiger partial charge in [0.25, 0.3) is 5.91 Å². The van der Waals surface area contributed by atoms with Gasteiger partial charge in [0.05, 0.1) is 16.6 Å². The summed E-state index contributed by atoms with van der Waals surface area (Å²) in [6.45, 7) is 1.53. The van der Waals surface area contributed by atoms with Crippen LogP contribution in [0.5, 0.6) is 0 Å². The monoisotopic (exact) mass is 315 g/mol. The van der Waals surface area contributed by atoms with Gasteiger partial charge in [0, 0.05) is 5.02 Å². The van der Waals surface area contributed by atoms with Gasteiger partial charge in [0.1, 0.15) is 0 Å². The number of nitrogens with one attached hydrogen (secondary N) is 1. The molecule has 0 saturated heterocycles. The fraction of sp³-hybridized carbons (Fsp3) is 0.429. The molecule has 0 aliphatic heterocycles. The first-order valence-corrected chi connectivity index (χ1v) is 7.19. The number of amides is 1. The Morgan fingerprint density at radius 3 is 2.65 bits per heavy atom. The molecule has 1 aromatic rings. The zero-order valence-corrected chi connectivity index (χ0v) is 12.5. The smallest absolute Gasteiger partial charge is 0.309 e. The molecule has 2 rings (SSSR count). The van der Waals surface area contributed by atoms with Crippen LogP contribution in [0.4, 0.5) is 5.69 Å². The van der Waals surface area contributed by atoms with Gasteiger partial charge in [-0.15, -0.1) is 0 Å². The van der Waals surface area contributed by atoms with E-state index in [4.69, 9.17) is 27.9 Å². The zero-order chi connectivity index (χ0) is 14.7. The highest BCUT2D eigenvalue weighted by molar-refractivity contribution is 6.35. The summed E-state index contributed by atoms with van der Waals surface area (Å²) in [6, 6.07) is 4.76. The molecular weight excluding hydrogens is 301 g/mol. The van der Waals surface area contributed by atoms with Crippen molar-refractivity contribution in [2.75, 3.05) is 5.32 Å². The van der Waals surface area contributed by atoms with Crippen molar-refractivity contribution in [3.05, 3.63) is 28.2 Å². The Bertz CT molecular complexity index is 529. The van der Waals surface area contributed by atoms with E-state index in [0.29, 0.717) is 15.7 Å². The van der Waals surface area contributed by atoms with E-state index < -0.39 is 12.0 Å². The summed E-state index contributed by atoms with van der Waals surface area (Å²) < 4.78 is 5.13. The van der Waals surface area contributed by atoms with Gasteiger partial charge < -0.3 is 10.1 Å². The summed E-state index contributed by atoms with van der Waals surface area (Å²) in [6.07, 6.45) is 1.86. The Hall–Kier alpha value is -1.26. The molecule has 1 amide bonds. The second-order valence-corrected chi connectivity index (χ2v) is 5.66. The number of carbonyl (C=O) groups is 2. The van der Waals surface area contributed by atoms with Gasteiger partial charge in [-0.25, -0.2) is 0 Å². The van der Waals surface area contributed by atoms with Crippen molar-refractivity contribution < 1.29 is 14.3 Å². The van der Waals surface area contributed by atoms with Crippen molar-refractivity contribution in [2.24, 2.45) is 5.92 Å². The van der Waals surface area contributed by atoms with Crippen LogP contribution in [0.25, 0.3) is 0 Å². The number of hydrogen-bond acceptors (Lipinski definition) is 3. The van der Waals surface area contributed by atoms with Crippen molar-refractivity contribution in [1.82, 2.24) is 0 Å². The second-order valence-electron chi connectivity index (χ2n) is 4.82. The molecule has 1 aromatic carbocycles. The summed E-state index contributed by atoms with van der Waals surface area (Å²) in [7, 11) is 0. The Balaban J connectivity index is 1.93. The van der Waals surface area contributed by atoms with Crippen LogP contribution in [-0.4, -0.2) is 18.0 Å². The van der Waals surface area contributed by atoms with E-state index in [0.717, 1.165) is 19.3 Å². The van der Waals surface area contributed by atoms with E-state index in [1.54, 1.807) is 18.2 Å². The predicted octanol–water partition coefficient (Wildman–Crippen LogP) is 3.66. The van der Waals surface area contributed by atoms with Crippen LogP contribution in [-0.2, 0) is 14.3 Å². The molecule has 4 nitrogen and oxygen atoms in total. The van der Waals surface area contributed by atoms with Crippen LogP contribution in [0.3, 0.4) is 0 Å². The van der Waals surface area contributed by atoms with Gasteiger partial charge in [-0.3, -0.25) is 9.59 Å². The SMILES string of the molecule is C[C@@H](OC(=O)C1CCC1)C(=O)Nc1cc(Cl)ccc1Cl. The van der Waals surface area contributed by atoms with Crippen LogP contribution in [0, 0.1) is 5.92 Å². The lowest BCUT2D eigenvalue weighted by Gasteiger charge is -2.24. The Morgan fingerprint density at radius 1 is 1.35 bits per heavy atom. The van der Waals surface area contributed by atoms with Crippen LogP contribution in [0.1, 0.15) is 26.2 Å². The lowest BCUT2D eigenvalue weighted by molar-refractivity contribution is -0.159. The summed E-state index contributed by atoms with van der Waals surface area (Å²) in [5, 5.41) is 3.44. The van der Waals surface area contributed by atoms with E-state index >= 15 is 0 Å². The highest BCUT2D eigenvalue weighted by Crippen LogP contribution is 2.28. The maximum atomic E-state index is 12.0. The second kappa shape index (κ2) is 6.46. The third kappa shape index (κ3) is 3.64. The van der Waals surface area contributed by atoms with E-state index in [1.165, 1.54) is 6.92 Å². The molecule has 1 aliphatic carbocycles. The normalized spacial score (nSPS) is 16.1. The number of benzene rings is 1. The number of anilines is 1. The lowest BCUT2D eigenvalue weighted by atomic mass is 9.86. The molecule has 1 atom stereocenters. The Labute approximate surface area is 127 Å². The van der Waals surface area contributed by atoms with Gasteiger partial charge in [0.2, 0.25) is 0 Å². The first-order valence-electron chi connectivity index (χ1n) is 6.44. The summed E-state index contributed by atoms with van der Waals surface area (Å²) in [5.41, 5.74) is 0.399. The van der Waals surface area contributed by atoms with Crippen LogP contribution >= 0.6 is 23.2 Å². The molecule has 1 aliphatic rings. The van der Waals surface area contributed by atoms with Gasteiger partial charge in [0.15, 0.2) is 6.10 Å². The fourth-order valence-electron chi connectivity index (χ4n) is 1.80. The number of carbonyl (C=O) groups excluding carboxylic acids is 2. The number of ether oxygens (including phenoxy) is 1. The minimum absolute atomic E-state index is 0.0555. The highest BCUT2D eigenvalue weighted by atomic mass is 35.5. The van der Waals surface area contributed by atoms with E-state index in [2.05, 4.69) is 5.32 Å². The zero-order valence-electron chi connectivity index (χ0n) is 11.0. The molecule has 0 heterocycles. The van der Waals surface area contributed by atoms with E-state index in [1.807, 2.05) is 0 Å². The standard InChI is InChI=1S/C14H15Cl2NO3/c1-8(20-14(19)9-3-2-4-9)13(18)17-12-7-10(15)5-6-11(12)16/h5-9H,2-4H2,1H3,(H,17,18)/t8-/m1/s1. The fourth-order valence-corrected chi connectivity index (χ4v) is 2.13. The summed E-state index contributed by atoms with van der Waals surface area (Å²) in [5.74, 6) is -0.794. The van der Waals surface area contributed by atoms with Crippen molar-refractivity contribution in [3.63, 3.8) is 0 Å². The van der Waals surface area contributed by atoms with Gasteiger partial charge in [-0.1, -0.05) is 29.6 Å². The molecule has 0 radical (unpaired) electrons. The van der Waals surface area contributed by atoms with Crippen LogP contribution in [0.2, 0.25) is 10.0 Å². The number of rotatable bonds is 4. The van der Waals surface area contributed by atoms with Crippen molar-refractivity contribution in [2.45, 2.75) is 32.3 Å². The van der Waals surface area contributed by atoms with Gasteiger partial charge in [-0.05, 0) is 38.0 Å². The van der Waals surface area contributed by atoms with Crippen molar-refractivity contribution in [3.8, 4) is 0 Å². The molecular formula is C14H15Cl2NO3. The van der Waals surface area contributed by atoms with Crippen LogP contribution in [0.15, 0.2) is 18.2 Å². The Morgan fingerprint density at radius 2 is 2.05 bits per heavy atom. The first-order chi connectivity index (χ1) is 9.47. The quantitative estimate of drug-likeness (QED) is 0.862. The third-order valence-corrected chi connectivity index (χ3v) is 3.85. The van der Waals surface area contributed by atoms with Crippen molar-refractivity contribution in [1.29, 1.82) is 0 Å². The van der Waals surface area contributed by atoms with Gasteiger partial charge in [-0.2, -0.15) is 0 Å². The third-order valence-electron chi connectivity index (χ3n) is 3.29. The highest BCUT2D eigenvalue weighted by Gasteiger charge is 2.29. The maximum absolute atomic E-state index is 12.0. The van der Waals surface area contributed by atoms with E-state index in [-0.39, 0.29) is 11.9 Å². The molecule has 1 fully saturated rings. The molecule has 0 unspecified atom stereocenters. The van der Waals surface area contributed by atoms with Gasteiger partial charge >= 0.3 is 5.97 Å². The molecule has 0 spiro atoms. The number of hydrogen-bond donors (Lipinski definition) is 1. The number of halogens is 2. The molecule has 0 bridgehead atoms. The minimum atomic E-state index is -0.863. The topological polar surface area (TPSA) is 55.4 Å². The maximum Gasteiger partial charge on any atom is 0.309 e. The van der Waals surface area contributed by atoms with Crippen LogP contribution < -0.4 is 5.32 Å². The summed E-state index contributed by atoms with van der Waals surface area (Å²) >= 11 is 11.8. The largest absolute Gasteiger partial charge is 0.452 e. The Kier molecular flexibility index (Phi) is 4.89. The lowest BCUT2D eigenvalue weighted by Crippen LogP contribution is -2.34. The molecule has 1 N–H and O–H groups in total. The predicted molar refractivity (Wildman–Crippen MR) is 78.0 cm³/mol. The number of esters is 1. The van der Waals surface area contributed by atoms with E-state index in [9.17, 15) is 9.59 Å². The molecule has 6 heteroatoms. The molecule has 1 saturated carbocycles. The van der Waals surface area contributed by atoms with Crippen molar-refractivity contribution >= 4 is 40.8 Å². The molecule has 108 valence electrons. The average Bonchev–Trinajstić information content (AvgIpc) is 2.31. The molecule has 20 heavy (non-hydrogen) atoms.